The van der Waals surface area contributed by atoms with Gasteiger partial charge in [-0.3, -0.25) is 9.59 Å². The Hall–Kier alpha value is -3.25. The van der Waals surface area contributed by atoms with Crippen LogP contribution in [0.1, 0.15) is 26.3 Å². The summed E-state index contributed by atoms with van der Waals surface area (Å²) in [7, 11) is 1.63. The highest BCUT2D eigenvalue weighted by Gasteiger charge is 2.20. The van der Waals surface area contributed by atoms with Crippen molar-refractivity contribution in [3.63, 3.8) is 0 Å². The number of fused-ring (bicyclic) bond motifs is 2. The Morgan fingerprint density at radius 2 is 1.83 bits per heavy atom. The smallest absolute Gasteiger partial charge is 0.256 e. The van der Waals surface area contributed by atoms with Crippen molar-refractivity contribution in [3.8, 4) is 5.75 Å². The molecule has 0 atom stereocenters. The third-order valence-corrected chi connectivity index (χ3v) is 5.85. The number of nitrogens with one attached hydrogen (secondary N) is 2. The van der Waals surface area contributed by atoms with E-state index in [1.807, 2.05) is 48.5 Å². The van der Waals surface area contributed by atoms with Gasteiger partial charge in [-0.1, -0.05) is 36.0 Å². The van der Waals surface area contributed by atoms with Crippen LogP contribution in [0, 0.1) is 0 Å². The zero-order chi connectivity index (χ0) is 20.2. The molecular formula is C23H20N2O3S. The van der Waals surface area contributed by atoms with Gasteiger partial charge in [0.1, 0.15) is 5.75 Å². The number of rotatable bonds is 5. The molecule has 6 heteroatoms. The monoisotopic (exact) mass is 404 g/mol. The van der Waals surface area contributed by atoms with Gasteiger partial charge in [-0.15, -0.1) is 0 Å². The first-order chi connectivity index (χ1) is 14.1. The number of benzene rings is 3. The first-order valence-corrected chi connectivity index (χ1v) is 10.1. The Morgan fingerprint density at radius 3 is 2.62 bits per heavy atom. The second-order valence-electron chi connectivity index (χ2n) is 6.62. The molecule has 1 aliphatic heterocycles. The maximum absolute atomic E-state index is 12.6. The van der Waals surface area contributed by atoms with Crippen molar-refractivity contribution >= 4 is 29.3 Å². The first-order valence-electron chi connectivity index (χ1n) is 9.27. The summed E-state index contributed by atoms with van der Waals surface area (Å²) in [5, 5.41) is 5.85. The molecule has 0 unspecified atom stereocenters. The molecule has 146 valence electrons. The van der Waals surface area contributed by atoms with Gasteiger partial charge in [0, 0.05) is 21.9 Å². The molecule has 1 heterocycles. The van der Waals surface area contributed by atoms with E-state index in [4.69, 9.17) is 4.74 Å². The molecule has 0 spiro atoms. The lowest BCUT2D eigenvalue weighted by molar-refractivity contribution is 0.0952. The summed E-state index contributed by atoms with van der Waals surface area (Å²) in [6, 6.07) is 20.7. The summed E-state index contributed by atoms with van der Waals surface area (Å²) < 4.78 is 5.15. The molecular weight excluding hydrogens is 384 g/mol. The Balaban J connectivity index is 1.42. The molecule has 1 aliphatic rings. The summed E-state index contributed by atoms with van der Waals surface area (Å²) in [5.74, 6) is 0.482. The lowest BCUT2D eigenvalue weighted by atomic mass is 10.1. The Kier molecular flexibility index (Phi) is 5.53. The van der Waals surface area contributed by atoms with E-state index in [9.17, 15) is 9.59 Å². The van der Waals surface area contributed by atoms with Crippen LogP contribution >= 0.6 is 11.8 Å². The summed E-state index contributed by atoms with van der Waals surface area (Å²) in [6.45, 7) is 0.523. The summed E-state index contributed by atoms with van der Waals surface area (Å²) in [5.41, 5.74) is 2.93. The molecule has 0 radical (unpaired) electrons. The standard InChI is InChI=1S/C23H20N2O3S/c1-28-17-9-6-15(7-10-17)12-13-24-22(26)16-8-11-21-19(14-16)25-23(27)18-4-2-3-5-20(18)29-21/h2-11,14H,12-13H2,1H3,(H,24,26)(H,25,27). The number of carbonyl (C=O) groups excluding carboxylic acids is 2. The molecule has 0 aliphatic carbocycles. The third kappa shape index (κ3) is 4.27. The van der Waals surface area contributed by atoms with Gasteiger partial charge >= 0.3 is 0 Å². The zero-order valence-corrected chi connectivity index (χ0v) is 16.7. The number of hydrogen-bond acceptors (Lipinski definition) is 4. The van der Waals surface area contributed by atoms with Crippen LogP contribution in [0.15, 0.2) is 76.5 Å². The fraction of sp³-hybridized carbons (Fsp3) is 0.130. The molecule has 2 N–H and O–H groups in total. The molecule has 0 saturated carbocycles. The van der Waals surface area contributed by atoms with Crippen molar-refractivity contribution in [2.24, 2.45) is 0 Å². The van der Waals surface area contributed by atoms with Crippen LogP contribution in [0.3, 0.4) is 0 Å². The molecule has 5 nitrogen and oxygen atoms in total. The van der Waals surface area contributed by atoms with Crippen LogP contribution in [0.2, 0.25) is 0 Å². The van der Waals surface area contributed by atoms with Gasteiger partial charge in [-0.25, -0.2) is 0 Å². The van der Waals surface area contributed by atoms with E-state index < -0.39 is 0 Å². The number of ether oxygens (including phenoxy) is 1. The molecule has 29 heavy (non-hydrogen) atoms. The molecule has 0 aromatic heterocycles. The van der Waals surface area contributed by atoms with Crippen molar-refractivity contribution < 1.29 is 14.3 Å². The Bertz CT molecular complexity index is 1060. The van der Waals surface area contributed by atoms with E-state index in [0.29, 0.717) is 23.4 Å². The maximum Gasteiger partial charge on any atom is 0.256 e. The Morgan fingerprint density at radius 1 is 1.03 bits per heavy atom. The predicted molar refractivity (Wildman–Crippen MR) is 114 cm³/mol. The van der Waals surface area contributed by atoms with Gasteiger partial charge in [-0.2, -0.15) is 0 Å². The van der Waals surface area contributed by atoms with E-state index in [-0.39, 0.29) is 11.8 Å². The average molecular weight is 404 g/mol. The highest BCUT2D eigenvalue weighted by atomic mass is 32.2. The highest BCUT2D eigenvalue weighted by Crippen LogP contribution is 2.38. The topological polar surface area (TPSA) is 67.4 Å². The minimum atomic E-state index is -0.165. The number of anilines is 1. The average Bonchev–Trinajstić information content (AvgIpc) is 2.89. The van der Waals surface area contributed by atoms with Gasteiger partial charge in [-0.05, 0) is 54.4 Å². The van der Waals surface area contributed by atoms with Crippen molar-refractivity contribution in [3.05, 3.63) is 83.4 Å². The van der Waals surface area contributed by atoms with Gasteiger partial charge in [0.25, 0.3) is 11.8 Å². The predicted octanol–water partition coefficient (Wildman–Crippen LogP) is 4.38. The quantitative estimate of drug-likeness (QED) is 0.662. The van der Waals surface area contributed by atoms with Crippen LogP contribution in [0.5, 0.6) is 5.75 Å². The number of methoxy groups -OCH3 is 1. The third-order valence-electron chi connectivity index (χ3n) is 4.70. The van der Waals surface area contributed by atoms with Crippen molar-refractivity contribution in [1.82, 2.24) is 5.32 Å². The fourth-order valence-corrected chi connectivity index (χ4v) is 4.13. The maximum atomic E-state index is 12.6. The number of amides is 2. The molecule has 3 aromatic rings. The van der Waals surface area contributed by atoms with Crippen molar-refractivity contribution in [1.29, 1.82) is 0 Å². The van der Waals surface area contributed by atoms with Crippen LogP contribution < -0.4 is 15.4 Å². The molecule has 3 aromatic carbocycles. The van der Waals surface area contributed by atoms with E-state index in [1.54, 1.807) is 25.3 Å². The van der Waals surface area contributed by atoms with Gasteiger partial charge < -0.3 is 15.4 Å². The van der Waals surface area contributed by atoms with Crippen LogP contribution in [0.4, 0.5) is 5.69 Å². The minimum Gasteiger partial charge on any atom is -0.497 e. The second kappa shape index (κ2) is 8.41. The van der Waals surface area contributed by atoms with Crippen LogP contribution in [0.25, 0.3) is 0 Å². The lowest BCUT2D eigenvalue weighted by Crippen LogP contribution is -2.25. The lowest BCUT2D eigenvalue weighted by Gasteiger charge is -2.10. The summed E-state index contributed by atoms with van der Waals surface area (Å²) in [4.78, 5) is 26.9. The number of carbonyl (C=O) groups is 2. The van der Waals surface area contributed by atoms with Gasteiger partial charge in [0.05, 0.1) is 18.4 Å². The van der Waals surface area contributed by atoms with Crippen LogP contribution in [-0.2, 0) is 6.42 Å². The Labute approximate surface area is 173 Å². The van der Waals surface area contributed by atoms with Gasteiger partial charge in [0.2, 0.25) is 0 Å². The first kappa shape index (κ1) is 19.1. The van der Waals surface area contributed by atoms with E-state index in [0.717, 1.165) is 27.5 Å². The van der Waals surface area contributed by atoms with Crippen molar-refractivity contribution in [2.45, 2.75) is 16.2 Å². The molecule has 2 amide bonds. The van der Waals surface area contributed by atoms with E-state index >= 15 is 0 Å². The molecule has 0 bridgehead atoms. The van der Waals surface area contributed by atoms with Crippen LogP contribution in [-0.4, -0.2) is 25.5 Å². The van der Waals surface area contributed by atoms with E-state index in [1.165, 1.54) is 11.8 Å². The minimum absolute atomic E-state index is 0.163. The number of hydrogen-bond donors (Lipinski definition) is 2. The largest absolute Gasteiger partial charge is 0.497 e. The van der Waals surface area contributed by atoms with Crippen molar-refractivity contribution in [2.75, 3.05) is 19.0 Å². The summed E-state index contributed by atoms with van der Waals surface area (Å²) >= 11 is 1.52. The second-order valence-corrected chi connectivity index (χ2v) is 7.70. The molecule has 0 fully saturated rings. The molecule has 0 saturated heterocycles. The normalized spacial score (nSPS) is 12.2. The van der Waals surface area contributed by atoms with E-state index in [2.05, 4.69) is 10.6 Å². The highest BCUT2D eigenvalue weighted by molar-refractivity contribution is 7.99. The van der Waals surface area contributed by atoms with Gasteiger partial charge in [0.15, 0.2) is 0 Å². The fourth-order valence-electron chi connectivity index (χ4n) is 3.12. The zero-order valence-electron chi connectivity index (χ0n) is 15.9. The molecule has 4 rings (SSSR count). The SMILES string of the molecule is COc1ccc(CCNC(=O)c2ccc3c(c2)NC(=O)c2ccccc2S3)cc1. The summed E-state index contributed by atoms with van der Waals surface area (Å²) in [6.07, 6.45) is 0.725.